The quantitative estimate of drug-likeness (QED) is 0.870. The molecule has 0 atom stereocenters. The summed E-state index contributed by atoms with van der Waals surface area (Å²) in [4.78, 5) is 5.62. The number of hydrogen-bond donors (Lipinski definition) is 1. The zero-order chi connectivity index (χ0) is 12.7. The van der Waals surface area contributed by atoms with E-state index >= 15 is 0 Å². The van der Waals surface area contributed by atoms with Crippen LogP contribution in [0.25, 0.3) is 10.7 Å². The van der Waals surface area contributed by atoms with Gasteiger partial charge in [-0.15, -0.1) is 11.3 Å². The van der Waals surface area contributed by atoms with Crippen molar-refractivity contribution >= 4 is 23.6 Å². The van der Waals surface area contributed by atoms with Gasteiger partial charge in [0.1, 0.15) is 0 Å². The molecule has 2 aromatic rings. The van der Waals surface area contributed by atoms with E-state index in [0.717, 1.165) is 17.2 Å². The fourth-order valence-electron chi connectivity index (χ4n) is 1.95. The van der Waals surface area contributed by atoms with E-state index in [4.69, 9.17) is 12.2 Å². The van der Waals surface area contributed by atoms with Gasteiger partial charge < -0.3 is 0 Å². The van der Waals surface area contributed by atoms with Crippen molar-refractivity contribution in [1.82, 2.24) is 19.7 Å². The third kappa shape index (κ3) is 2.27. The number of aromatic nitrogens is 4. The van der Waals surface area contributed by atoms with Gasteiger partial charge in [0.25, 0.3) is 0 Å². The Hall–Kier alpha value is -1.01. The van der Waals surface area contributed by atoms with Crippen LogP contribution >= 0.6 is 23.6 Å². The van der Waals surface area contributed by atoms with E-state index < -0.39 is 0 Å². The summed E-state index contributed by atoms with van der Waals surface area (Å²) in [6, 6.07) is 0. The minimum atomic E-state index is 0.545. The molecule has 96 valence electrons. The molecule has 3 rings (SSSR count). The SMILES string of the molecule is CC(C)Cn1c(-c2cnc(C3CC3)s2)n[nH]c1=S. The third-order valence-electron chi connectivity index (χ3n) is 2.98. The van der Waals surface area contributed by atoms with Crippen molar-refractivity contribution in [2.75, 3.05) is 0 Å². The topological polar surface area (TPSA) is 46.5 Å². The Bertz CT molecular complexity index is 604. The first-order chi connectivity index (χ1) is 8.65. The smallest absolute Gasteiger partial charge is 0.195 e. The van der Waals surface area contributed by atoms with E-state index in [1.54, 1.807) is 11.3 Å². The minimum absolute atomic E-state index is 0.545. The van der Waals surface area contributed by atoms with Crippen LogP contribution in [0.1, 0.15) is 37.6 Å². The van der Waals surface area contributed by atoms with Crippen LogP contribution in [0.3, 0.4) is 0 Å². The molecule has 0 unspecified atom stereocenters. The fourth-order valence-corrected chi connectivity index (χ4v) is 3.24. The molecule has 0 aromatic carbocycles. The lowest BCUT2D eigenvalue weighted by Crippen LogP contribution is -2.05. The molecular formula is C12H16N4S2. The van der Waals surface area contributed by atoms with Crippen molar-refractivity contribution < 1.29 is 0 Å². The van der Waals surface area contributed by atoms with Crippen molar-refractivity contribution in [3.63, 3.8) is 0 Å². The van der Waals surface area contributed by atoms with E-state index in [1.165, 1.54) is 17.8 Å². The lowest BCUT2D eigenvalue weighted by molar-refractivity contribution is 0.522. The third-order valence-corrected chi connectivity index (χ3v) is 4.44. The van der Waals surface area contributed by atoms with Crippen LogP contribution in [0, 0.1) is 10.7 Å². The zero-order valence-electron chi connectivity index (χ0n) is 10.5. The molecule has 2 aromatic heterocycles. The van der Waals surface area contributed by atoms with Crippen molar-refractivity contribution in [1.29, 1.82) is 0 Å². The van der Waals surface area contributed by atoms with Crippen LogP contribution in [0.4, 0.5) is 0 Å². The second-order valence-corrected chi connectivity index (χ2v) is 6.64. The Morgan fingerprint density at radius 3 is 3.00 bits per heavy atom. The lowest BCUT2D eigenvalue weighted by Gasteiger charge is -2.07. The van der Waals surface area contributed by atoms with Gasteiger partial charge in [-0.25, -0.2) is 4.98 Å². The van der Waals surface area contributed by atoms with Crippen molar-refractivity contribution in [3.05, 3.63) is 16.0 Å². The fraction of sp³-hybridized carbons (Fsp3) is 0.583. The van der Waals surface area contributed by atoms with E-state index in [9.17, 15) is 0 Å². The van der Waals surface area contributed by atoms with Crippen molar-refractivity contribution in [2.45, 2.75) is 39.2 Å². The van der Waals surface area contributed by atoms with Gasteiger partial charge in [-0.05, 0) is 31.0 Å². The van der Waals surface area contributed by atoms with Crippen LogP contribution in [0.15, 0.2) is 6.20 Å². The first-order valence-electron chi connectivity index (χ1n) is 6.26. The number of nitrogens with zero attached hydrogens (tertiary/aromatic N) is 3. The molecule has 0 bridgehead atoms. The number of H-pyrrole nitrogens is 1. The number of thiazole rings is 1. The van der Waals surface area contributed by atoms with Gasteiger partial charge in [0.05, 0.1) is 9.88 Å². The summed E-state index contributed by atoms with van der Waals surface area (Å²) in [7, 11) is 0. The summed E-state index contributed by atoms with van der Waals surface area (Å²) >= 11 is 7.04. The second kappa shape index (κ2) is 4.59. The molecule has 18 heavy (non-hydrogen) atoms. The van der Waals surface area contributed by atoms with Gasteiger partial charge in [0.15, 0.2) is 10.6 Å². The van der Waals surface area contributed by atoms with Crippen LogP contribution in [-0.2, 0) is 6.54 Å². The molecule has 1 saturated carbocycles. The van der Waals surface area contributed by atoms with Crippen LogP contribution < -0.4 is 0 Å². The lowest BCUT2D eigenvalue weighted by atomic mass is 10.2. The van der Waals surface area contributed by atoms with E-state index in [-0.39, 0.29) is 0 Å². The molecule has 0 radical (unpaired) electrons. The molecule has 2 heterocycles. The number of nitrogens with one attached hydrogen (secondary N) is 1. The zero-order valence-corrected chi connectivity index (χ0v) is 12.1. The maximum Gasteiger partial charge on any atom is 0.195 e. The Balaban J connectivity index is 1.96. The first kappa shape index (κ1) is 12.0. The summed E-state index contributed by atoms with van der Waals surface area (Å²) < 4.78 is 2.77. The normalized spacial score (nSPS) is 15.5. The average molecular weight is 280 g/mol. The van der Waals surface area contributed by atoms with Crippen LogP contribution in [-0.4, -0.2) is 19.7 Å². The molecular weight excluding hydrogens is 264 g/mol. The predicted octanol–water partition coefficient (Wildman–Crippen LogP) is 3.60. The summed E-state index contributed by atoms with van der Waals surface area (Å²) in [5.74, 6) is 2.17. The predicted molar refractivity (Wildman–Crippen MR) is 75.3 cm³/mol. The molecule has 1 fully saturated rings. The Labute approximate surface area is 115 Å². The monoisotopic (exact) mass is 280 g/mol. The molecule has 1 N–H and O–H groups in total. The van der Waals surface area contributed by atoms with Gasteiger partial charge in [-0.3, -0.25) is 9.67 Å². The maximum atomic E-state index is 5.29. The summed E-state index contributed by atoms with van der Waals surface area (Å²) in [6.45, 7) is 5.25. The molecule has 6 heteroatoms. The highest BCUT2D eigenvalue weighted by Gasteiger charge is 2.27. The largest absolute Gasteiger partial charge is 0.299 e. The van der Waals surface area contributed by atoms with Gasteiger partial charge in [-0.2, -0.15) is 5.10 Å². The van der Waals surface area contributed by atoms with Gasteiger partial charge >= 0.3 is 0 Å². The van der Waals surface area contributed by atoms with E-state index in [1.807, 2.05) is 6.20 Å². The molecule has 1 aliphatic rings. The Morgan fingerprint density at radius 2 is 2.33 bits per heavy atom. The van der Waals surface area contributed by atoms with E-state index in [0.29, 0.717) is 16.6 Å². The molecule has 4 nitrogen and oxygen atoms in total. The highest BCUT2D eigenvalue weighted by Crippen LogP contribution is 2.43. The Morgan fingerprint density at radius 1 is 1.56 bits per heavy atom. The first-order valence-corrected chi connectivity index (χ1v) is 7.49. The number of rotatable bonds is 4. The molecule has 0 aliphatic heterocycles. The number of aromatic amines is 1. The minimum Gasteiger partial charge on any atom is -0.299 e. The summed E-state index contributed by atoms with van der Waals surface area (Å²) in [5, 5.41) is 8.48. The number of hydrogen-bond acceptors (Lipinski definition) is 4. The molecule has 1 aliphatic carbocycles. The van der Waals surface area contributed by atoms with Gasteiger partial charge in [0, 0.05) is 18.7 Å². The average Bonchev–Trinajstić information content (AvgIpc) is 2.96. The van der Waals surface area contributed by atoms with Gasteiger partial charge in [0.2, 0.25) is 0 Å². The van der Waals surface area contributed by atoms with Gasteiger partial charge in [-0.1, -0.05) is 13.8 Å². The molecule has 0 amide bonds. The summed E-state index contributed by atoms with van der Waals surface area (Å²) in [6.07, 6.45) is 4.50. The standard InChI is InChI=1S/C12H16N4S2/c1-7(2)6-16-10(14-15-12(16)17)9-5-13-11(18-9)8-3-4-8/h5,7-8H,3-4,6H2,1-2H3,(H,15,17). The second-order valence-electron chi connectivity index (χ2n) is 5.19. The highest BCUT2D eigenvalue weighted by atomic mass is 32.1. The van der Waals surface area contributed by atoms with E-state index in [2.05, 4.69) is 33.6 Å². The van der Waals surface area contributed by atoms with Crippen LogP contribution in [0.5, 0.6) is 0 Å². The molecule has 0 spiro atoms. The highest BCUT2D eigenvalue weighted by molar-refractivity contribution is 7.71. The maximum absolute atomic E-state index is 5.29. The molecule has 0 saturated heterocycles. The Kier molecular flexibility index (Phi) is 3.07. The van der Waals surface area contributed by atoms with Crippen LogP contribution in [0.2, 0.25) is 0 Å². The summed E-state index contributed by atoms with van der Waals surface area (Å²) in [5.41, 5.74) is 0. The van der Waals surface area contributed by atoms with Crippen molar-refractivity contribution in [3.8, 4) is 10.7 Å². The van der Waals surface area contributed by atoms with Crippen molar-refractivity contribution in [2.24, 2.45) is 5.92 Å².